The molecule has 0 amide bonds. The average molecular weight is 344 g/mol. The highest BCUT2D eigenvalue weighted by Gasteiger charge is 2.10. The molecule has 23 heavy (non-hydrogen) atoms. The molecule has 0 heterocycles. The van der Waals surface area contributed by atoms with Crippen LogP contribution in [0, 0.1) is 18.3 Å². The molecule has 2 rings (SSSR count). The van der Waals surface area contributed by atoms with E-state index < -0.39 is 0 Å². The van der Waals surface area contributed by atoms with Crippen LogP contribution in [-0.2, 0) is 0 Å². The Bertz CT molecular complexity index is 765. The molecule has 0 N–H and O–H groups in total. The lowest BCUT2D eigenvalue weighted by Gasteiger charge is -2.11. The summed E-state index contributed by atoms with van der Waals surface area (Å²) in [5.74, 6) is 0. The summed E-state index contributed by atoms with van der Waals surface area (Å²) in [7, 11) is 1.96. The van der Waals surface area contributed by atoms with E-state index in [0.29, 0.717) is 10.6 Å². The van der Waals surface area contributed by atoms with Crippen LogP contribution in [0.15, 0.2) is 51.2 Å². The van der Waals surface area contributed by atoms with Crippen LogP contribution in [-0.4, -0.2) is 24.8 Å². The number of aryl methyl sites for hydroxylation is 1. The molecule has 0 fully saturated rings. The maximum Gasteiger partial charge on any atom is 0.100 e. The van der Waals surface area contributed by atoms with Gasteiger partial charge >= 0.3 is 0 Å². The standard InChI is InChI=1S/C18H18ClN3S/c1-4-22(3)12-21-16-10-14(11-20)18(9-13(16)2)23-17-8-6-5-7-15(17)19/h5-10,12H,4H2,1-3H3. The summed E-state index contributed by atoms with van der Waals surface area (Å²) in [6.07, 6.45) is 1.78. The Morgan fingerprint density at radius 2 is 2.04 bits per heavy atom. The molecule has 118 valence electrons. The van der Waals surface area contributed by atoms with Gasteiger partial charge in [0.05, 0.1) is 22.6 Å². The van der Waals surface area contributed by atoms with Crippen LogP contribution in [0.4, 0.5) is 5.69 Å². The van der Waals surface area contributed by atoms with E-state index in [1.165, 1.54) is 11.8 Å². The molecule has 0 saturated heterocycles. The van der Waals surface area contributed by atoms with Gasteiger partial charge in [-0.1, -0.05) is 35.5 Å². The Hall–Kier alpha value is -1.96. The van der Waals surface area contributed by atoms with Crippen molar-refractivity contribution >= 4 is 35.4 Å². The second kappa shape index (κ2) is 8.05. The van der Waals surface area contributed by atoms with Crippen LogP contribution in [0.5, 0.6) is 0 Å². The molecule has 0 bridgehead atoms. The minimum Gasteiger partial charge on any atom is -0.366 e. The Morgan fingerprint density at radius 1 is 1.30 bits per heavy atom. The second-order valence-electron chi connectivity index (χ2n) is 5.10. The van der Waals surface area contributed by atoms with E-state index in [0.717, 1.165) is 27.6 Å². The predicted molar refractivity (Wildman–Crippen MR) is 97.9 cm³/mol. The van der Waals surface area contributed by atoms with Gasteiger partial charge in [-0.25, -0.2) is 4.99 Å². The lowest BCUT2D eigenvalue weighted by molar-refractivity contribution is 0.552. The smallest absolute Gasteiger partial charge is 0.100 e. The summed E-state index contributed by atoms with van der Waals surface area (Å²) in [5, 5.41) is 10.1. The van der Waals surface area contributed by atoms with Crippen molar-refractivity contribution in [3.8, 4) is 6.07 Å². The molecule has 0 saturated carbocycles. The fraction of sp³-hybridized carbons (Fsp3) is 0.222. The van der Waals surface area contributed by atoms with E-state index in [-0.39, 0.29) is 0 Å². The summed E-state index contributed by atoms with van der Waals surface area (Å²) in [4.78, 5) is 8.28. The number of hydrogen-bond donors (Lipinski definition) is 0. The van der Waals surface area contributed by atoms with E-state index in [1.807, 2.05) is 55.3 Å². The number of nitrogens with zero attached hydrogens (tertiary/aromatic N) is 3. The van der Waals surface area contributed by atoms with E-state index in [9.17, 15) is 5.26 Å². The molecule has 0 unspecified atom stereocenters. The van der Waals surface area contributed by atoms with Gasteiger partial charge in [-0.05, 0) is 43.7 Å². The van der Waals surface area contributed by atoms with Gasteiger partial charge in [0.15, 0.2) is 0 Å². The fourth-order valence-corrected chi connectivity index (χ4v) is 3.12. The second-order valence-corrected chi connectivity index (χ2v) is 6.59. The minimum absolute atomic E-state index is 0.604. The number of halogens is 1. The molecule has 0 aliphatic carbocycles. The van der Waals surface area contributed by atoms with E-state index in [2.05, 4.69) is 18.0 Å². The van der Waals surface area contributed by atoms with Gasteiger partial charge < -0.3 is 4.90 Å². The molecule has 2 aromatic carbocycles. The van der Waals surface area contributed by atoms with Crippen LogP contribution in [0.1, 0.15) is 18.1 Å². The zero-order valence-corrected chi connectivity index (χ0v) is 14.9. The Labute approximate surface area is 146 Å². The summed E-state index contributed by atoms with van der Waals surface area (Å²) < 4.78 is 0. The number of hydrogen-bond acceptors (Lipinski definition) is 3. The lowest BCUT2D eigenvalue weighted by Crippen LogP contribution is -2.14. The molecular weight excluding hydrogens is 326 g/mol. The molecule has 0 radical (unpaired) electrons. The van der Waals surface area contributed by atoms with Gasteiger partial charge in [0.1, 0.15) is 6.07 Å². The van der Waals surface area contributed by atoms with Crippen molar-refractivity contribution in [3.63, 3.8) is 0 Å². The Balaban J connectivity index is 2.36. The minimum atomic E-state index is 0.604. The molecular formula is C18H18ClN3S. The number of aliphatic imine (C=N–C) groups is 1. The summed E-state index contributed by atoms with van der Waals surface area (Å²) >= 11 is 7.71. The number of benzene rings is 2. The monoisotopic (exact) mass is 343 g/mol. The molecule has 0 atom stereocenters. The highest BCUT2D eigenvalue weighted by molar-refractivity contribution is 7.99. The third-order valence-electron chi connectivity index (χ3n) is 3.37. The van der Waals surface area contributed by atoms with Crippen LogP contribution < -0.4 is 0 Å². The largest absolute Gasteiger partial charge is 0.366 e. The lowest BCUT2D eigenvalue weighted by atomic mass is 10.1. The first-order chi connectivity index (χ1) is 11.0. The average Bonchev–Trinajstić information content (AvgIpc) is 2.55. The van der Waals surface area contributed by atoms with Gasteiger partial charge in [0, 0.05) is 23.4 Å². The molecule has 2 aromatic rings. The molecule has 0 aromatic heterocycles. The van der Waals surface area contributed by atoms with Gasteiger partial charge in [-0.15, -0.1) is 0 Å². The van der Waals surface area contributed by atoms with Crippen molar-refractivity contribution in [1.29, 1.82) is 5.26 Å². The third-order valence-corrected chi connectivity index (χ3v) is 4.94. The van der Waals surface area contributed by atoms with Crippen molar-refractivity contribution in [3.05, 3.63) is 52.5 Å². The number of nitriles is 1. The Morgan fingerprint density at radius 3 is 2.70 bits per heavy atom. The third kappa shape index (κ3) is 4.51. The fourth-order valence-electron chi connectivity index (χ4n) is 1.87. The highest BCUT2D eigenvalue weighted by atomic mass is 35.5. The Kier molecular flexibility index (Phi) is 6.09. The van der Waals surface area contributed by atoms with Gasteiger partial charge in [0.2, 0.25) is 0 Å². The van der Waals surface area contributed by atoms with Gasteiger partial charge in [-0.2, -0.15) is 5.26 Å². The van der Waals surface area contributed by atoms with Crippen molar-refractivity contribution < 1.29 is 0 Å². The quantitative estimate of drug-likeness (QED) is 0.547. The predicted octanol–water partition coefficient (Wildman–Crippen LogP) is 5.28. The van der Waals surface area contributed by atoms with Gasteiger partial charge in [0.25, 0.3) is 0 Å². The molecule has 0 aliphatic rings. The summed E-state index contributed by atoms with van der Waals surface area (Å²) in [6.45, 7) is 4.94. The van der Waals surface area contributed by atoms with E-state index >= 15 is 0 Å². The summed E-state index contributed by atoms with van der Waals surface area (Å²) in [6, 6.07) is 13.7. The molecule has 0 spiro atoms. The van der Waals surface area contributed by atoms with Crippen molar-refractivity contribution in [2.45, 2.75) is 23.6 Å². The zero-order chi connectivity index (χ0) is 16.8. The maximum absolute atomic E-state index is 9.45. The molecule has 3 nitrogen and oxygen atoms in total. The highest BCUT2D eigenvalue weighted by Crippen LogP contribution is 2.37. The zero-order valence-electron chi connectivity index (χ0n) is 13.4. The first kappa shape index (κ1) is 17.4. The van der Waals surface area contributed by atoms with Crippen molar-refractivity contribution in [2.75, 3.05) is 13.6 Å². The first-order valence-corrected chi connectivity index (χ1v) is 8.46. The van der Waals surface area contributed by atoms with Crippen LogP contribution >= 0.6 is 23.4 Å². The van der Waals surface area contributed by atoms with E-state index in [4.69, 9.17) is 11.6 Å². The maximum atomic E-state index is 9.45. The van der Waals surface area contributed by atoms with Crippen LogP contribution in [0.25, 0.3) is 0 Å². The molecule has 0 aliphatic heterocycles. The van der Waals surface area contributed by atoms with Crippen molar-refractivity contribution in [2.24, 2.45) is 4.99 Å². The number of rotatable bonds is 5. The topological polar surface area (TPSA) is 39.4 Å². The SMILES string of the molecule is CCN(C)C=Nc1cc(C#N)c(Sc2ccccc2Cl)cc1C. The van der Waals surface area contributed by atoms with E-state index in [1.54, 1.807) is 6.34 Å². The molecule has 5 heteroatoms. The summed E-state index contributed by atoms with van der Waals surface area (Å²) in [5.41, 5.74) is 2.44. The van der Waals surface area contributed by atoms with Crippen LogP contribution in [0.3, 0.4) is 0 Å². The van der Waals surface area contributed by atoms with Crippen molar-refractivity contribution in [1.82, 2.24) is 4.90 Å². The van der Waals surface area contributed by atoms with Gasteiger partial charge in [-0.3, -0.25) is 0 Å². The first-order valence-electron chi connectivity index (χ1n) is 7.26. The van der Waals surface area contributed by atoms with Crippen LogP contribution in [0.2, 0.25) is 5.02 Å². The normalized spacial score (nSPS) is 10.7.